The van der Waals surface area contributed by atoms with Crippen LogP contribution in [0.4, 0.5) is 0 Å². The molecule has 0 aliphatic heterocycles. The zero-order valence-corrected chi connectivity index (χ0v) is 12.0. The summed E-state index contributed by atoms with van der Waals surface area (Å²) in [4.78, 5) is 14.0. The fourth-order valence-electron chi connectivity index (χ4n) is 2.19. The molecule has 0 aromatic heterocycles. The number of nitrogens with zero attached hydrogens (tertiary/aromatic N) is 1. The molecule has 1 atom stereocenters. The molecule has 0 saturated heterocycles. The number of amides is 1. The van der Waals surface area contributed by atoms with Crippen molar-refractivity contribution in [1.29, 1.82) is 0 Å². The number of hydrogen-bond acceptors (Lipinski definition) is 3. The van der Waals surface area contributed by atoms with E-state index in [4.69, 9.17) is 5.73 Å². The molecule has 0 aliphatic rings. The van der Waals surface area contributed by atoms with Crippen molar-refractivity contribution in [2.45, 2.75) is 26.8 Å². The van der Waals surface area contributed by atoms with Crippen molar-refractivity contribution < 1.29 is 9.90 Å². The smallest absolute Gasteiger partial charge is 0.227 e. The maximum atomic E-state index is 12.3. The summed E-state index contributed by atoms with van der Waals surface area (Å²) in [5.74, 6) is 0.615. The van der Waals surface area contributed by atoms with E-state index in [0.717, 1.165) is 12.0 Å². The zero-order valence-electron chi connectivity index (χ0n) is 12.0. The van der Waals surface area contributed by atoms with Crippen LogP contribution in [0.1, 0.15) is 25.8 Å². The number of nitrogens with two attached hydrogens (primary N) is 1. The molecule has 0 bridgehead atoms. The monoisotopic (exact) mass is 264 g/mol. The standard InChI is InChI=1S/C15H24N2O2/c1-11(2)7-13(9-16)15(19)17(3)10-12-5-4-6-14(18)8-12/h4-6,8,11,13,18H,7,9-10,16H2,1-3H3. The number of phenols is 1. The highest BCUT2D eigenvalue weighted by Gasteiger charge is 2.21. The lowest BCUT2D eigenvalue weighted by atomic mass is 9.96. The second-order valence-electron chi connectivity index (χ2n) is 5.43. The Balaban J connectivity index is 2.65. The molecule has 19 heavy (non-hydrogen) atoms. The number of phenolic OH excluding ortho intramolecular Hbond substituents is 1. The third-order valence-electron chi connectivity index (χ3n) is 3.10. The van der Waals surface area contributed by atoms with Crippen LogP contribution in [-0.2, 0) is 11.3 Å². The number of benzene rings is 1. The minimum Gasteiger partial charge on any atom is -0.508 e. The van der Waals surface area contributed by atoms with Crippen LogP contribution in [0.5, 0.6) is 5.75 Å². The van der Waals surface area contributed by atoms with Crippen molar-refractivity contribution in [3.8, 4) is 5.75 Å². The van der Waals surface area contributed by atoms with Crippen molar-refractivity contribution in [2.75, 3.05) is 13.6 Å². The first-order chi connectivity index (χ1) is 8.93. The molecule has 1 amide bonds. The topological polar surface area (TPSA) is 66.6 Å². The Hall–Kier alpha value is -1.55. The van der Waals surface area contributed by atoms with Crippen LogP contribution in [0.25, 0.3) is 0 Å². The first-order valence-electron chi connectivity index (χ1n) is 6.67. The van der Waals surface area contributed by atoms with Gasteiger partial charge in [-0.3, -0.25) is 4.79 Å². The van der Waals surface area contributed by atoms with Gasteiger partial charge in [0.05, 0.1) is 5.92 Å². The van der Waals surface area contributed by atoms with E-state index in [1.165, 1.54) is 0 Å². The Morgan fingerprint density at radius 3 is 2.63 bits per heavy atom. The fourth-order valence-corrected chi connectivity index (χ4v) is 2.19. The Kier molecular flexibility index (Phi) is 5.83. The van der Waals surface area contributed by atoms with Gasteiger partial charge in [0.15, 0.2) is 0 Å². The van der Waals surface area contributed by atoms with Crippen LogP contribution >= 0.6 is 0 Å². The van der Waals surface area contributed by atoms with E-state index in [1.807, 2.05) is 6.07 Å². The largest absolute Gasteiger partial charge is 0.508 e. The average molecular weight is 264 g/mol. The highest BCUT2D eigenvalue weighted by molar-refractivity contribution is 5.78. The molecule has 1 aromatic rings. The van der Waals surface area contributed by atoms with E-state index < -0.39 is 0 Å². The Labute approximate surface area is 115 Å². The van der Waals surface area contributed by atoms with Crippen LogP contribution in [0.2, 0.25) is 0 Å². The van der Waals surface area contributed by atoms with E-state index in [9.17, 15) is 9.90 Å². The van der Waals surface area contributed by atoms with E-state index in [2.05, 4.69) is 13.8 Å². The van der Waals surface area contributed by atoms with E-state index in [-0.39, 0.29) is 17.6 Å². The minimum absolute atomic E-state index is 0.0690. The molecule has 1 aromatic carbocycles. The average Bonchev–Trinajstić information content (AvgIpc) is 2.34. The molecule has 0 saturated carbocycles. The van der Waals surface area contributed by atoms with Gasteiger partial charge < -0.3 is 15.7 Å². The lowest BCUT2D eigenvalue weighted by Gasteiger charge is -2.24. The number of carbonyl (C=O) groups is 1. The lowest BCUT2D eigenvalue weighted by molar-refractivity contribution is -0.134. The van der Waals surface area contributed by atoms with Crippen LogP contribution in [0, 0.1) is 11.8 Å². The molecule has 3 N–H and O–H groups in total. The fraction of sp³-hybridized carbons (Fsp3) is 0.533. The van der Waals surface area contributed by atoms with Crippen molar-refractivity contribution in [1.82, 2.24) is 4.90 Å². The van der Waals surface area contributed by atoms with Gasteiger partial charge >= 0.3 is 0 Å². The summed E-state index contributed by atoms with van der Waals surface area (Å²) in [7, 11) is 1.77. The number of rotatable bonds is 6. The number of carbonyl (C=O) groups excluding carboxylic acids is 1. The zero-order chi connectivity index (χ0) is 14.4. The van der Waals surface area contributed by atoms with E-state index in [1.54, 1.807) is 30.1 Å². The second kappa shape index (κ2) is 7.14. The van der Waals surface area contributed by atoms with Gasteiger partial charge in [-0.1, -0.05) is 26.0 Å². The summed E-state index contributed by atoms with van der Waals surface area (Å²) in [6.07, 6.45) is 0.805. The molecule has 0 aliphatic carbocycles. The molecule has 0 heterocycles. The van der Waals surface area contributed by atoms with Crippen molar-refractivity contribution in [2.24, 2.45) is 17.6 Å². The van der Waals surface area contributed by atoms with Gasteiger partial charge in [0.2, 0.25) is 5.91 Å². The van der Waals surface area contributed by atoms with Gasteiger partial charge in [-0.2, -0.15) is 0 Å². The van der Waals surface area contributed by atoms with Crippen LogP contribution in [0.3, 0.4) is 0 Å². The molecule has 0 spiro atoms. The molecule has 0 fully saturated rings. The van der Waals surface area contributed by atoms with Gasteiger partial charge in [0, 0.05) is 20.1 Å². The summed E-state index contributed by atoms with van der Waals surface area (Å²) in [6.45, 7) is 5.04. The van der Waals surface area contributed by atoms with Gasteiger partial charge in [0.25, 0.3) is 0 Å². The van der Waals surface area contributed by atoms with Gasteiger partial charge in [0.1, 0.15) is 5.75 Å². The minimum atomic E-state index is -0.123. The molecular formula is C15H24N2O2. The van der Waals surface area contributed by atoms with Crippen molar-refractivity contribution >= 4 is 5.91 Å². The molecule has 106 valence electrons. The summed E-state index contributed by atoms with van der Waals surface area (Å²) < 4.78 is 0. The maximum Gasteiger partial charge on any atom is 0.227 e. The van der Waals surface area contributed by atoms with E-state index in [0.29, 0.717) is 19.0 Å². The molecular weight excluding hydrogens is 240 g/mol. The Morgan fingerprint density at radius 1 is 1.42 bits per heavy atom. The third kappa shape index (κ3) is 4.91. The SMILES string of the molecule is CC(C)CC(CN)C(=O)N(C)Cc1cccc(O)c1. The molecule has 4 heteroatoms. The van der Waals surface area contributed by atoms with Gasteiger partial charge in [-0.25, -0.2) is 0 Å². The molecule has 4 nitrogen and oxygen atoms in total. The highest BCUT2D eigenvalue weighted by Crippen LogP contribution is 2.16. The van der Waals surface area contributed by atoms with Gasteiger partial charge in [-0.05, 0) is 30.0 Å². The third-order valence-corrected chi connectivity index (χ3v) is 3.10. The van der Waals surface area contributed by atoms with Crippen LogP contribution in [-0.4, -0.2) is 29.5 Å². The number of hydrogen-bond donors (Lipinski definition) is 2. The molecule has 0 radical (unpaired) electrons. The summed E-state index contributed by atoms with van der Waals surface area (Å²) >= 11 is 0. The predicted octanol–water partition coefficient (Wildman–Crippen LogP) is 1.97. The number of aromatic hydroxyl groups is 1. The van der Waals surface area contributed by atoms with Crippen LogP contribution in [0.15, 0.2) is 24.3 Å². The maximum absolute atomic E-state index is 12.3. The first-order valence-corrected chi connectivity index (χ1v) is 6.67. The first kappa shape index (κ1) is 15.5. The quantitative estimate of drug-likeness (QED) is 0.825. The Morgan fingerprint density at radius 2 is 2.11 bits per heavy atom. The normalized spacial score (nSPS) is 12.5. The highest BCUT2D eigenvalue weighted by atomic mass is 16.3. The van der Waals surface area contributed by atoms with Crippen molar-refractivity contribution in [3.63, 3.8) is 0 Å². The van der Waals surface area contributed by atoms with Gasteiger partial charge in [-0.15, -0.1) is 0 Å². The van der Waals surface area contributed by atoms with E-state index >= 15 is 0 Å². The van der Waals surface area contributed by atoms with Crippen molar-refractivity contribution in [3.05, 3.63) is 29.8 Å². The van der Waals surface area contributed by atoms with Crippen LogP contribution < -0.4 is 5.73 Å². The Bertz CT molecular complexity index is 418. The second-order valence-corrected chi connectivity index (χ2v) is 5.43. The summed E-state index contributed by atoms with van der Waals surface area (Å²) in [5.41, 5.74) is 6.60. The summed E-state index contributed by atoms with van der Waals surface area (Å²) in [6, 6.07) is 6.96. The predicted molar refractivity (Wildman–Crippen MR) is 76.6 cm³/mol. The summed E-state index contributed by atoms with van der Waals surface area (Å²) in [5, 5.41) is 9.42. The lowest BCUT2D eigenvalue weighted by Crippen LogP contribution is -2.36. The molecule has 1 unspecified atom stereocenters. The molecule has 1 rings (SSSR count).